The summed E-state index contributed by atoms with van der Waals surface area (Å²) in [5.41, 5.74) is 2.65. The van der Waals surface area contributed by atoms with Crippen molar-refractivity contribution in [3.63, 3.8) is 0 Å². The Morgan fingerprint density at radius 1 is 1.33 bits per heavy atom. The lowest BCUT2D eigenvalue weighted by molar-refractivity contribution is 0.0698. The minimum Gasteiger partial charge on any atom is -0.478 e. The van der Waals surface area contributed by atoms with Gasteiger partial charge in [0.15, 0.2) is 0 Å². The fourth-order valence-corrected chi connectivity index (χ4v) is 2.02. The second-order valence-corrected chi connectivity index (χ2v) is 4.69. The number of carboxylic acids is 1. The molecule has 1 aromatic carbocycles. The van der Waals surface area contributed by atoms with Gasteiger partial charge in [0.05, 0.1) is 29.8 Å². The van der Waals surface area contributed by atoms with Crippen molar-refractivity contribution >= 4 is 17.7 Å². The molecule has 2 rings (SSSR count). The van der Waals surface area contributed by atoms with E-state index in [1.165, 1.54) is 12.4 Å². The van der Waals surface area contributed by atoms with Crippen LogP contribution in [-0.4, -0.2) is 27.1 Å². The number of benzene rings is 1. The summed E-state index contributed by atoms with van der Waals surface area (Å²) in [6.45, 7) is 3.84. The third kappa shape index (κ3) is 3.59. The number of anilines is 1. The van der Waals surface area contributed by atoms with E-state index in [2.05, 4.69) is 20.6 Å². The molecule has 1 aromatic heterocycles. The van der Waals surface area contributed by atoms with E-state index in [0.29, 0.717) is 11.3 Å². The van der Waals surface area contributed by atoms with Crippen LogP contribution in [0.15, 0.2) is 24.7 Å². The number of hydrogen-bond acceptors (Lipinski definition) is 3. The minimum absolute atomic E-state index is 0.0733. The van der Waals surface area contributed by atoms with Gasteiger partial charge in [-0.15, -0.1) is 0 Å². The first kappa shape index (κ1) is 14.6. The van der Waals surface area contributed by atoms with Crippen molar-refractivity contribution in [1.82, 2.24) is 15.3 Å². The highest BCUT2D eigenvalue weighted by Gasteiger charge is 2.15. The summed E-state index contributed by atoms with van der Waals surface area (Å²) in [6.07, 6.45) is 3.11. The second-order valence-electron chi connectivity index (χ2n) is 4.69. The number of amides is 2. The number of aromatic amines is 1. The number of carbonyl (C=O) groups is 2. The Labute approximate surface area is 121 Å². The number of aryl methyl sites for hydroxylation is 2. The molecule has 0 aliphatic carbocycles. The molecule has 21 heavy (non-hydrogen) atoms. The summed E-state index contributed by atoms with van der Waals surface area (Å²) in [5, 5.41) is 14.4. The van der Waals surface area contributed by atoms with Crippen LogP contribution < -0.4 is 10.6 Å². The van der Waals surface area contributed by atoms with Crippen molar-refractivity contribution in [2.24, 2.45) is 0 Å². The van der Waals surface area contributed by atoms with Crippen LogP contribution in [0.5, 0.6) is 0 Å². The summed E-state index contributed by atoms with van der Waals surface area (Å²) in [7, 11) is 0. The quantitative estimate of drug-likeness (QED) is 0.690. The summed E-state index contributed by atoms with van der Waals surface area (Å²) in [5.74, 6) is -1.08. The van der Waals surface area contributed by atoms with E-state index in [0.717, 1.165) is 11.3 Å². The fraction of sp³-hybridized carbons (Fsp3) is 0.214. The van der Waals surface area contributed by atoms with E-state index >= 15 is 0 Å². The van der Waals surface area contributed by atoms with Gasteiger partial charge < -0.3 is 20.7 Å². The standard InChI is InChI=1S/C14H16N4O3/c1-8-3-9(2)12(11(4-8)13(19)20)18-14(21)16-6-10-5-15-7-17-10/h3-5,7H,6H2,1-2H3,(H,15,17)(H,19,20)(H2,16,18,21). The molecule has 0 fully saturated rings. The lowest BCUT2D eigenvalue weighted by atomic mass is 10.0. The normalized spacial score (nSPS) is 10.2. The topological polar surface area (TPSA) is 107 Å². The minimum atomic E-state index is -1.08. The first-order valence-electron chi connectivity index (χ1n) is 6.34. The van der Waals surface area contributed by atoms with Gasteiger partial charge in [-0.2, -0.15) is 0 Å². The molecule has 0 saturated heterocycles. The van der Waals surface area contributed by atoms with Crippen LogP contribution in [0.2, 0.25) is 0 Å². The number of nitrogens with one attached hydrogen (secondary N) is 3. The van der Waals surface area contributed by atoms with Crippen LogP contribution in [0.4, 0.5) is 10.5 Å². The zero-order chi connectivity index (χ0) is 15.4. The maximum atomic E-state index is 11.9. The van der Waals surface area contributed by atoms with Gasteiger partial charge in [-0.3, -0.25) is 0 Å². The van der Waals surface area contributed by atoms with Crippen LogP contribution in [0.1, 0.15) is 27.2 Å². The third-order valence-electron chi connectivity index (χ3n) is 2.94. The summed E-state index contributed by atoms with van der Waals surface area (Å²) in [6, 6.07) is 2.87. The summed E-state index contributed by atoms with van der Waals surface area (Å²) < 4.78 is 0. The van der Waals surface area contributed by atoms with Crippen molar-refractivity contribution in [3.8, 4) is 0 Å². The first-order valence-corrected chi connectivity index (χ1v) is 6.34. The van der Waals surface area contributed by atoms with Crippen molar-refractivity contribution in [2.75, 3.05) is 5.32 Å². The Hall–Kier alpha value is -2.83. The Bertz CT molecular complexity index is 665. The number of urea groups is 1. The predicted molar refractivity (Wildman–Crippen MR) is 77.3 cm³/mol. The van der Waals surface area contributed by atoms with Gasteiger partial charge >= 0.3 is 12.0 Å². The van der Waals surface area contributed by atoms with Gasteiger partial charge in [0.25, 0.3) is 0 Å². The maximum Gasteiger partial charge on any atom is 0.337 e. The SMILES string of the molecule is Cc1cc(C)c(NC(=O)NCc2cnc[nH]2)c(C(=O)O)c1. The van der Waals surface area contributed by atoms with Crippen molar-refractivity contribution in [2.45, 2.75) is 20.4 Å². The van der Waals surface area contributed by atoms with Crippen LogP contribution in [0, 0.1) is 13.8 Å². The smallest absolute Gasteiger partial charge is 0.337 e. The van der Waals surface area contributed by atoms with Gasteiger partial charge in [-0.05, 0) is 31.0 Å². The molecule has 2 aromatic rings. The molecule has 0 spiro atoms. The molecule has 0 saturated carbocycles. The average Bonchev–Trinajstić information content (AvgIpc) is 2.92. The number of carboxylic acid groups (broad SMARTS) is 1. The number of aromatic nitrogens is 2. The first-order chi connectivity index (χ1) is 9.97. The molecule has 7 heteroatoms. The molecule has 0 radical (unpaired) electrons. The third-order valence-corrected chi connectivity index (χ3v) is 2.94. The van der Waals surface area contributed by atoms with Gasteiger partial charge in [-0.25, -0.2) is 14.6 Å². The van der Waals surface area contributed by atoms with Crippen molar-refractivity contribution in [1.29, 1.82) is 0 Å². The second kappa shape index (κ2) is 6.08. The molecule has 0 atom stereocenters. The molecule has 1 heterocycles. The van der Waals surface area contributed by atoms with Crippen molar-refractivity contribution < 1.29 is 14.7 Å². The molecule has 4 N–H and O–H groups in total. The van der Waals surface area contributed by atoms with Crippen LogP contribution in [0.3, 0.4) is 0 Å². The fourth-order valence-electron chi connectivity index (χ4n) is 2.02. The Morgan fingerprint density at radius 2 is 2.10 bits per heavy atom. The largest absolute Gasteiger partial charge is 0.478 e. The van der Waals surface area contributed by atoms with Crippen LogP contribution >= 0.6 is 0 Å². The van der Waals surface area contributed by atoms with E-state index in [1.807, 2.05) is 13.0 Å². The van der Waals surface area contributed by atoms with E-state index in [1.54, 1.807) is 13.1 Å². The van der Waals surface area contributed by atoms with Crippen molar-refractivity contribution in [3.05, 3.63) is 47.0 Å². The molecule has 110 valence electrons. The molecule has 0 bridgehead atoms. The zero-order valence-corrected chi connectivity index (χ0v) is 11.7. The average molecular weight is 288 g/mol. The number of aromatic carboxylic acids is 1. The van der Waals surface area contributed by atoms with Crippen LogP contribution in [0.25, 0.3) is 0 Å². The predicted octanol–water partition coefficient (Wildman–Crippen LogP) is 2.05. The highest BCUT2D eigenvalue weighted by Crippen LogP contribution is 2.22. The van der Waals surface area contributed by atoms with Gasteiger partial charge in [0, 0.05) is 6.20 Å². The monoisotopic (exact) mass is 288 g/mol. The van der Waals surface area contributed by atoms with Gasteiger partial charge in [-0.1, -0.05) is 6.07 Å². The Kier molecular flexibility index (Phi) is 4.22. The number of nitrogens with zero attached hydrogens (tertiary/aromatic N) is 1. The van der Waals surface area contributed by atoms with E-state index < -0.39 is 12.0 Å². The maximum absolute atomic E-state index is 11.9. The Balaban J connectivity index is 2.11. The number of imidazole rings is 1. The molecule has 2 amide bonds. The van der Waals surface area contributed by atoms with E-state index in [9.17, 15) is 14.7 Å². The summed E-state index contributed by atoms with van der Waals surface area (Å²) in [4.78, 5) is 29.8. The Morgan fingerprint density at radius 3 is 2.71 bits per heavy atom. The lowest BCUT2D eigenvalue weighted by Gasteiger charge is -2.13. The number of carbonyl (C=O) groups excluding carboxylic acids is 1. The van der Waals surface area contributed by atoms with Crippen LogP contribution in [-0.2, 0) is 6.54 Å². The molecular weight excluding hydrogens is 272 g/mol. The summed E-state index contributed by atoms with van der Waals surface area (Å²) >= 11 is 0. The number of hydrogen-bond donors (Lipinski definition) is 4. The van der Waals surface area contributed by atoms with E-state index in [4.69, 9.17) is 0 Å². The van der Waals surface area contributed by atoms with Gasteiger partial charge in [0.2, 0.25) is 0 Å². The molecule has 7 nitrogen and oxygen atoms in total. The molecule has 0 aliphatic heterocycles. The molecular formula is C14H16N4O3. The number of rotatable bonds is 4. The number of H-pyrrole nitrogens is 1. The highest BCUT2D eigenvalue weighted by atomic mass is 16.4. The lowest BCUT2D eigenvalue weighted by Crippen LogP contribution is -2.29. The van der Waals surface area contributed by atoms with E-state index in [-0.39, 0.29) is 12.1 Å². The molecule has 0 aliphatic rings. The highest BCUT2D eigenvalue weighted by molar-refractivity contribution is 6.01. The zero-order valence-electron chi connectivity index (χ0n) is 11.7. The molecule has 0 unspecified atom stereocenters. The van der Waals surface area contributed by atoms with Gasteiger partial charge in [0.1, 0.15) is 0 Å².